The Labute approximate surface area is 135 Å². The summed E-state index contributed by atoms with van der Waals surface area (Å²) >= 11 is 0. The Morgan fingerprint density at radius 1 is 1.13 bits per heavy atom. The van der Waals surface area contributed by atoms with Crippen LogP contribution in [-0.2, 0) is 10.0 Å². The van der Waals surface area contributed by atoms with Gasteiger partial charge in [0.15, 0.2) is 11.6 Å². The molecule has 0 amide bonds. The van der Waals surface area contributed by atoms with Crippen molar-refractivity contribution in [1.29, 1.82) is 0 Å². The molecule has 1 aromatic heterocycles. The first-order valence-electron chi connectivity index (χ1n) is 7.25. The van der Waals surface area contributed by atoms with Crippen LogP contribution < -0.4 is 9.62 Å². The van der Waals surface area contributed by atoms with Crippen molar-refractivity contribution in [3.63, 3.8) is 0 Å². The Bertz CT molecular complexity index is 733. The summed E-state index contributed by atoms with van der Waals surface area (Å²) in [6.45, 7) is 2.96. The normalized spacial score (nSPS) is 11.3. The van der Waals surface area contributed by atoms with E-state index in [1.165, 1.54) is 12.1 Å². The average molecular weight is 338 g/mol. The minimum absolute atomic E-state index is 0.0372. The molecular formula is C15H19FN4O2S. The van der Waals surface area contributed by atoms with E-state index in [1.807, 2.05) is 11.9 Å². The Kier molecular flexibility index (Phi) is 5.49. The SMILES string of the molecule is CCCCN(C)c1ccc(NS(=O)(=O)c2ccc(F)cc2)nn1. The molecule has 1 aromatic carbocycles. The molecule has 6 nitrogen and oxygen atoms in total. The Hall–Kier alpha value is -2.22. The Morgan fingerprint density at radius 2 is 1.83 bits per heavy atom. The highest BCUT2D eigenvalue weighted by Crippen LogP contribution is 2.16. The summed E-state index contributed by atoms with van der Waals surface area (Å²) in [6, 6.07) is 7.81. The van der Waals surface area contributed by atoms with Crippen molar-refractivity contribution in [2.75, 3.05) is 23.2 Å². The van der Waals surface area contributed by atoms with Gasteiger partial charge in [0.05, 0.1) is 4.90 Å². The smallest absolute Gasteiger partial charge is 0.263 e. The number of hydrogen-bond donors (Lipinski definition) is 1. The molecule has 23 heavy (non-hydrogen) atoms. The van der Waals surface area contributed by atoms with Crippen molar-refractivity contribution in [3.05, 3.63) is 42.2 Å². The van der Waals surface area contributed by atoms with E-state index in [1.54, 1.807) is 12.1 Å². The molecule has 1 heterocycles. The van der Waals surface area contributed by atoms with Crippen LogP contribution in [0.2, 0.25) is 0 Å². The third kappa shape index (κ3) is 4.62. The fourth-order valence-corrected chi connectivity index (χ4v) is 2.90. The number of hydrogen-bond acceptors (Lipinski definition) is 5. The first-order chi connectivity index (χ1) is 10.9. The standard InChI is InChI=1S/C15H19FN4O2S/c1-3-4-11-20(2)15-10-9-14(17-18-15)19-23(21,22)13-7-5-12(16)6-8-13/h5-10H,3-4,11H2,1-2H3,(H,17,19). The fourth-order valence-electron chi connectivity index (χ4n) is 1.90. The third-order valence-electron chi connectivity index (χ3n) is 3.25. The number of rotatable bonds is 7. The molecule has 8 heteroatoms. The van der Waals surface area contributed by atoms with E-state index in [2.05, 4.69) is 21.8 Å². The van der Waals surface area contributed by atoms with E-state index in [4.69, 9.17) is 0 Å². The van der Waals surface area contributed by atoms with Gasteiger partial charge in [0.2, 0.25) is 0 Å². The van der Waals surface area contributed by atoms with Gasteiger partial charge in [-0.3, -0.25) is 4.72 Å². The maximum atomic E-state index is 12.9. The predicted octanol–water partition coefficient (Wildman–Crippen LogP) is 2.65. The summed E-state index contributed by atoms with van der Waals surface area (Å²) in [5.74, 6) is 0.286. The molecule has 0 aliphatic carbocycles. The molecule has 0 aliphatic rings. The molecule has 1 N–H and O–H groups in total. The Morgan fingerprint density at radius 3 is 2.39 bits per heavy atom. The summed E-state index contributed by atoms with van der Waals surface area (Å²) in [6.07, 6.45) is 2.12. The van der Waals surface area contributed by atoms with Crippen molar-refractivity contribution in [3.8, 4) is 0 Å². The molecule has 124 valence electrons. The number of anilines is 2. The van der Waals surface area contributed by atoms with Crippen molar-refractivity contribution in [1.82, 2.24) is 10.2 Å². The van der Waals surface area contributed by atoms with Gasteiger partial charge in [-0.1, -0.05) is 13.3 Å². The topological polar surface area (TPSA) is 75.2 Å². The van der Waals surface area contributed by atoms with Gasteiger partial charge < -0.3 is 4.90 Å². The van der Waals surface area contributed by atoms with E-state index in [0.29, 0.717) is 5.82 Å². The summed E-state index contributed by atoms with van der Waals surface area (Å²) < 4.78 is 39.5. The Balaban J connectivity index is 2.09. The molecular weight excluding hydrogens is 319 g/mol. The van der Waals surface area contributed by atoms with Crippen LogP contribution in [0.25, 0.3) is 0 Å². The second-order valence-electron chi connectivity index (χ2n) is 5.11. The number of unbranched alkanes of at least 4 members (excludes halogenated alkanes) is 1. The molecule has 0 saturated heterocycles. The van der Waals surface area contributed by atoms with Crippen molar-refractivity contribution < 1.29 is 12.8 Å². The molecule has 2 aromatic rings. The van der Waals surface area contributed by atoms with Crippen molar-refractivity contribution in [2.24, 2.45) is 0 Å². The highest BCUT2D eigenvalue weighted by molar-refractivity contribution is 7.92. The van der Waals surface area contributed by atoms with Crippen LogP contribution in [-0.4, -0.2) is 32.2 Å². The van der Waals surface area contributed by atoms with E-state index in [0.717, 1.165) is 31.5 Å². The maximum Gasteiger partial charge on any atom is 0.263 e. The lowest BCUT2D eigenvalue weighted by Gasteiger charge is -2.17. The first kappa shape index (κ1) is 17.1. The summed E-state index contributed by atoms with van der Waals surface area (Å²) in [7, 11) is -1.91. The second kappa shape index (κ2) is 7.36. The zero-order chi connectivity index (χ0) is 16.9. The monoisotopic (exact) mass is 338 g/mol. The van der Waals surface area contributed by atoms with Crippen LogP contribution in [0.15, 0.2) is 41.3 Å². The van der Waals surface area contributed by atoms with Crippen LogP contribution in [0.1, 0.15) is 19.8 Å². The van der Waals surface area contributed by atoms with Gasteiger partial charge in [0.25, 0.3) is 10.0 Å². The van der Waals surface area contributed by atoms with Crippen LogP contribution in [0.3, 0.4) is 0 Å². The van der Waals surface area contributed by atoms with Gasteiger partial charge in [-0.15, -0.1) is 10.2 Å². The lowest BCUT2D eigenvalue weighted by Crippen LogP contribution is -2.20. The average Bonchev–Trinajstić information content (AvgIpc) is 2.53. The minimum Gasteiger partial charge on any atom is -0.358 e. The van der Waals surface area contributed by atoms with Gasteiger partial charge in [-0.05, 0) is 42.8 Å². The number of sulfonamides is 1. The van der Waals surface area contributed by atoms with E-state index in [-0.39, 0.29) is 10.7 Å². The largest absolute Gasteiger partial charge is 0.358 e. The molecule has 0 aliphatic heterocycles. The second-order valence-corrected chi connectivity index (χ2v) is 6.79. The van der Waals surface area contributed by atoms with Crippen LogP contribution in [0.5, 0.6) is 0 Å². The summed E-state index contributed by atoms with van der Waals surface area (Å²) in [5, 5.41) is 7.89. The zero-order valence-electron chi connectivity index (χ0n) is 13.0. The molecule has 0 atom stereocenters. The molecule has 0 spiro atoms. The predicted molar refractivity (Wildman–Crippen MR) is 87.4 cm³/mol. The molecule has 0 unspecified atom stereocenters. The number of nitrogens with one attached hydrogen (secondary N) is 1. The number of aromatic nitrogens is 2. The van der Waals surface area contributed by atoms with E-state index in [9.17, 15) is 12.8 Å². The van der Waals surface area contributed by atoms with E-state index >= 15 is 0 Å². The fraction of sp³-hybridized carbons (Fsp3) is 0.333. The minimum atomic E-state index is -3.81. The molecule has 0 radical (unpaired) electrons. The maximum absolute atomic E-state index is 12.9. The molecule has 0 saturated carbocycles. The number of benzene rings is 1. The quantitative estimate of drug-likeness (QED) is 0.840. The van der Waals surface area contributed by atoms with Gasteiger partial charge in [-0.2, -0.15) is 0 Å². The molecule has 0 fully saturated rings. The summed E-state index contributed by atoms with van der Waals surface area (Å²) in [4.78, 5) is 1.92. The van der Waals surface area contributed by atoms with Gasteiger partial charge in [-0.25, -0.2) is 12.8 Å². The van der Waals surface area contributed by atoms with Gasteiger partial charge in [0.1, 0.15) is 5.82 Å². The highest BCUT2D eigenvalue weighted by atomic mass is 32.2. The lowest BCUT2D eigenvalue weighted by molar-refractivity contribution is 0.599. The van der Waals surface area contributed by atoms with Gasteiger partial charge in [0, 0.05) is 13.6 Å². The number of halogens is 1. The van der Waals surface area contributed by atoms with Crippen LogP contribution in [0, 0.1) is 5.82 Å². The van der Waals surface area contributed by atoms with Crippen LogP contribution in [0.4, 0.5) is 16.0 Å². The van der Waals surface area contributed by atoms with Crippen molar-refractivity contribution >= 4 is 21.7 Å². The highest BCUT2D eigenvalue weighted by Gasteiger charge is 2.15. The molecule has 2 rings (SSSR count). The zero-order valence-corrected chi connectivity index (χ0v) is 13.8. The lowest BCUT2D eigenvalue weighted by atomic mass is 10.3. The third-order valence-corrected chi connectivity index (χ3v) is 4.62. The number of nitrogens with zero attached hydrogens (tertiary/aromatic N) is 3. The summed E-state index contributed by atoms with van der Waals surface area (Å²) in [5.41, 5.74) is 0. The van der Waals surface area contributed by atoms with E-state index < -0.39 is 15.8 Å². The molecule has 0 bridgehead atoms. The van der Waals surface area contributed by atoms with Gasteiger partial charge >= 0.3 is 0 Å². The van der Waals surface area contributed by atoms with Crippen molar-refractivity contribution in [2.45, 2.75) is 24.7 Å². The first-order valence-corrected chi connectivity index (χ1v) is 8.74. The van der Waals surface area contributed by atoms with Crippen LogP contribution >= 0.6 is 0 Å².